The molecule has 0 saturated carbocycles. The van der Waals surface area contributed by atoms with E-state index in [9.17, 15) is 10.1 Å². The van der Waals surface area contributed by atoms with Crippen molar-refractivity contribution in [1.82, 2.24) is 0 Å². The number of nitro benzene ring substituents is 1. The molecule has 0 aliphatic carbocycles. The molecule has 5 heteroatoms. The lowest BCUT2D eigenvalue weighted by Crippen LogP contribution is -2.26. The van der Waals surface area contributed by atoms with Gasteiger partial charge in [0.1, 0.15) is 7.05 Å². The summed E-state index contributed by atoms with van der Waals surface area (Å²) in [6.45, 7) is 10.9. The quantitative estimate of drug-likeness (QED) is 0.362. The number of nitrogens with zero attached hydrogens (tertiary/aromatic N) is 3. The maximum Gasteiger partial charge on any atom is 0.269 e. The zero-order chi connectivity index (χ0) is 22.7. The van der Waals surface area contributed by atoms with Crippen LogP contribution in [0, 0.1) is 17.0 Å². The van der Waals surface area contributed by atoms with E-state index in [1.807, 2.05) is 13.1 Å². The fraction of sp³-hybridized carbons (Fsp3) is 0.346. The van der Waals surface area contributed by atoms with E-state index in [1.165, 1.54) is 22.5 Å². The van der Waals surface area contributed by atoms with E-state index in [0.29, 0.717) is 0 Å². The molecule has 0 spiro atoms. The van der Waals surface area contributed by atoms with Crippen LogP contribution < -0.4 is 4.90 Å². The summed E-state index contributed by atoms with van der Waals surface area (Å²) in [6.07, 6.45) is 6.44. The molecule has 0 fully saturated rings. The molecule has 4 rings (SSSR count). The number of non-ortho nitro benzene ring substituents is 1. The van der Waals surface area contributed by atoms with Gasteiger partial charge >= 0.3 is 0 Å². The zero-order valence-corrected chi connectivity index (χ0v) is 19.4. The van der Waals surface area contributed by atoms with Crippen LogP contribution in [0.25, 0.3) is 0 Å². The van der Waals surface area contributed by atoms with Crippen molar-refractivity contribution in [1.29, 1.82) is 0 Å². The number of anilines is 1. The minimum atomic E-state index is -0.327. The molecule has 0 saturated heterocycles. The van der Waals surface area contributed by atoms with Crippen LogP contribution in [0.3, 0.4) is 0 Å². The average Bonchev–Trinajstić information content (AvgIpc) is 3.01. The lowest BCUT2D eigenvalue weighted by Gasteiger charge is -2.23. The fourth-order valence-corrected chi connectivity index (χ4v) is 5.12. The highest BCUT2D eigenvalue weighted by molar-refractivity contribution is 6.03. The molecular weight excluding hydrogens is 386 g/mol. The predicted octanol–water partition coefficient (Wildman–Crippen LogP) is 5.78. The largest absolute Gasteiger partial charge is 0.347 e. The molecule has 0 amide bonds. The van der Waals surface area contributed by atoms with Crippen LogP contribution >= 0.6 is 0 Å². The first-order valence-corrected chi connectivity index (χ1v) is 10.6. The molecule has 0 bridgehead atoms. The maximum atomic E-state index is 11.3. The molecule has 2 aromatic rings. The molecule has 5 nitrogen and oxygen atoms in total. The first kappa shape index (κ1) is 21.0. The van der Waals surface area contributed by atoms with E-state index in [4.69, 9.17) is 0 Å². The van der Waals surface area contributed by atoms with Crippen molar-refractivity contribution in [2.45, 2.75) is 45.4 Å². The Labute approximate surface area is 184 Å². The van der Waals surface area contributed by atoms with E-state index < -0.39 is 0 Å². The van der Waals surface area contributed by atoms with Crippen LogP contribution in [0.4, 0.5) is 17.1 Å². The van der Waals surface area contributed by atoms with Crippen molar-refractivity contribution in [3.05, 3.63) is 87.1 Å². The van der Waals surface area contributed by atoms with Crippen LogP contribution in [0.15, 0.2) is 60.3 Å². The van der Waals surface area contributed by atoms with E-state index >= 15 is 0 Å². The molecule has 160 valence electrons. The Bertz CT molecular complexity index is 1200. The second kappa shape index (κ2) is 6.91. The summed E-state index contributed by atoms with van der Waals surface area (Å²) in [7, 11) is 4.15. The van der Waals surface area contributed by atoms with Crippen LogP contribution in [0.1, 0.15) is 44.4 Å². The zero-order valence-electron chi connectivity index (χ0n) is 19.4. The van der Waals surface area contributed by atoms with Crippen LogP contribution in [0.5, 0.6) is 0 Å². The Hall–Kier alpha value is -3.21. The number of nitro groups is 1. The third-order valence-corrected chi connectivity index (χ3v) is 6.92. The third kappa shape index (κ3) is 3.11. The van der Waals surface area contributed by atoms with E-state index in [2.05, 4.69) is 87.6 Å². The molecule has 31 heavy (non-hydrogen) atoms. The van der Waals surface area contributed by atoms with Crippen molar-refractivity contribution in [2.24, 2.45) is 0 Å². The summed E-state index contributed by atoms with van der Waals surface area (Å²) in [6, 6.07) is 11.8. The normalized spacial score (nSPS) is 20.0. The van der Waals surface area contributed by atoms with Gasteiger partial charge in [-0.15, -0.1) is 0 Å². The number of hydrogen-bond donors (Lipinski definition) is 0. The molecular formula is C26H30N3O2+. The summed E-state index contributed by atoms with van der Waals surface area (Å²) >= 11 is 0. The lowest BCUT2D eigenvalue weighted by molar-refractivity contribution is -0.401. The van der Waals surface area contributed by atoms with E-state index in [0.717, 1.165) is 16.9 Å². The monoisotopic (exact) mass is 416 g/mol. The van der Waals surface area contributed by atoms with E-state index in [1.54, 1.807) is 12.1 Å². The minimum Gasteiger partial charge on any atom is -0.347 e. The molecule has 2 heterocycles. The highest BCUT2D eigenvalue weighted by Gasteiger charge is 2.43. The number of benzene rings is 2. The SMILES string of the molecule is Cc1ccc2c(c1)C(C)(C)C(/C=C/C=C1\N(C)c3ccc([N+](=O)[O-])cc3C1(C)C)=[N+]2C. The summed E-state index contributed by atoms with van der Waals surface area (Å²) in [4.78, 5) is 13.1. The Morgan fingerprint density at radius 3 is 2.42 bits per heavy atom. The maximum absolute atomic E-state index is 11.3. The second-order valence-corrected chi connectivity index (χ2v) is 9.64. The summed E-state index contributed by atoms with van der Waals surface area (Å²) in [5.41, 5.74) is 7.98. The van der Waals surface area contributed by atoms with Gasteiger partial charge in [0.25, 0.3) is 5.69 Å². The van der Waals surface area contributed by atoms with Crippen LogP contribution in [-0.4, -0.2) is 29.3 Å². The van der Waals surface area contributed by atoms with Gasteiger partial charge in [-0.1, -0.05) is 31.6 Å². The topological polar surface area (TPSA) is 49.4 Å². The molecule has 0 aromatic heterocycles. The molecule has 0 N–H and O–H groups in total. The Morgan fingerprint density at radius 1 is 1.03 bits per heavy atom. The van der Waals surface area contributed by atoms with Crippen molar-refractivity contribution < 1.29 is 9.50 Å². The first-order chi connectivity index (χ1) is 14.5. The number of likely N-dealkylation sites (N-methyl/N-ethyl adjacent to an activating group) is 1. The molecule has 2 aliphatic heterocycles. The van der Waals surface area contributed by atoms with E-state index in [-0.39, 0.29) is 21.4 Å². The van der Waals surface area contributed by atoms with Gasteiger partial charge in [-0.05, 0) is 44.5 Å². The van der Waals surface area contributed by atoms with Gasteiger partial charge in [0.05, 0.1) is 10.3 Å². The first-order valence-electron chi connectivity index (χ1n) is 10.6. The Morgan fingerprint density at radius 2 is 1.74 bits per heavy atom. The minimum absolute atomic E-state index is 0.0776. The van der Waals surface area contributed by atoms with Crippen molar-refractivity contribution in [2.75, 3.05) is 19.0 Å². The van der Waals surface area contributed by atoms with Crippen molar-refractivity contribution in [3.8, 4) is 0 Å². The molecule has 2 aromatic carbocycles. The second-order valence-electron chi connectivity index (χ2n) is 9.64. The highest BCUT2D eigenvalue weighted by Crippen LogP contribution is 2.48. The summed E-state index contributed by atoms with van der Waals surface area (Å²) in [5.74, 6) is 0. The average molecular weight is 417 g/mol. The summed E-state index contributed by atoms with van der Waals surface area (Å²) < 4.78 is 2.27. The van der Waals surface area contributed by atoms with Crippen LogP contribution in [-0.2, 0) is 10.8 Å². The fourth-order valence-electron chi connectivity index (χ4n) is 5.12. The van der Waals surface area contributed by atoms with Crippen molar-refractivity contribution in [3.63, 3.8) is 0 Å². The standard InChI is InChI=1S/C26H30N3O2/c1-17-11-13-21-19(15-17)25(2,3)23(27(21)6)9-8-10-24-26(4,5)20-16-18(29(30)31)12-14-22(20)28(24)7/h8-16H,1-7H3/q+1. The smallest absolute Gasteiger partial charge is 0.269 e. The number of aryl methyl sites for hydroxylation is 1. The molecule has 0 atom stereocenters. The Kier molecular flexibility index (Phi) is 4.69. The number of hydrogen-bond acceptors (Lipinski definition) is 3. The van der Waals surface area contributed by atoms with Gasteiger partial charge in [0.15, 0.2) is 5.71 Å². The van der Waals surface area contributed by atoms with Gasteiger partial charge in [0, 0.05) is 53.7 Å². The van der Waals surface area contributed by atoms with Crippen LogP contribution in [0.2, 0.25) is 0 Å². The molecule has 0 unspecified atom stereocenters. The van der Waals surface area contributed by atoms with Crippen molar-refractivity contribution >= 4 is 22.8 Å². The Balaban J connectivity index is 1.70. The van der Waals surface area contributed by atoms with Gasteiger partial charge in [-0.25, -0.2) is 0 Å². The third-order valence-electron chi connectivity index (χ3n) is 6.92. The van der Waals surface area contributed by atoms with Gasteiger partial charge in [-0.3, -0.25) is 10.1 Å². The molecule has 2 aliphatic rings. The van der Waals surface area contributed by atoms with Gasteiger partial charge in [0.2, 0.25) is 5.69 Å². The van der Waals surface area contributed by atoms with Gasteiger partial charge in [-0.2, -0.15) is 4.58 Å². The number of rotatable bonds is 3. The summed E-state index contributed by atoms with van der Waals surface area (Å²) in [5, 5.41) is 11.3. The van der Waals surface area contributed by atoms with Gasteiger partial charge < -0.3 is 4.90 Å². The number of allylic oxidation sites excluding steroid dienone is 4. The molecule has 0 radical (unpaired) electrons. The highest BCUT2D eigenvalue weighted by atomic mass is 16.6. The predicted molar refractivity (Wildman–Crippen MR) is 127 cm³/mol. The number of fused-ring (bicyclic) bond motifs is 2. The lowest BCUT2D eigenvalue weighted by atomic mass is 9.80.